The molecule has 5 rings (SSSR count). The van der Waals surface area contributed by atoms with Crippen molar-refractivity contribution >= 4 is 23.0 Å². The molecule has 0 radical (unpaired) electrons. The fraction of sp³-hybridized carbons (Fsp3) is 0.250. The molecule has 2 aromatic heterocycles. The van der Waals surface area contributed by atoms with Gasteiger partial charge in [-0.3, -0.25) is 9.36 Å². The quantitative estimate of drug-likeness (QED) is 0.363. The fourth-order valence-corrected chi connectivity index (χ4v) is 5.16. The van der Waals surface area contributed by atoms with E-state index in [1.807, 2.05) is 24.3 Å². The third-order valence-electron chi connectivity index (χ3n) is 7.12. The van der Waals surface area contributed by atoms with Gasteiger partial charge in [-0.05, 0) is 53.8 Å². The van der Waals surface area contributed by atoms with Crippen LogP contribution in [0.25, 0.3) is 11.0 Å². The second-order valence-corrected chi connectivity index (χ2v) is 9.55. The van der Waals surface area contributed by atoms with Crippen LogP contribution in [0.2, 0.25) is 0 Å². The smallest absolute Gasteiger partial charge is 0.329 e. The number of halogens is 2. The maximum atomic E-state index is 14.0. The molecular weight excluding hydrogens is 492 g/mol. The number of nitrogens with zero attached hydrogens (tertiary/aromatic N) is 3. The van der Waals surface area contributed by atoms with E-state index in [0.29, 0.717) is 18.4 Å². The molecule has 3 heterocycles. The number of fused-ring (bicyclic) bond motifs is 2. The summed E-state index contributed by atoms with van der Waals surface area (Å²) >= 11 is 0. The van der Waals surface area contributed by atoms with Crippen molar-refractivity contribution in [2.75, 3.05) is 7.05 Å². The Bertz CT molecular complexity index is 1500. The first-order chi connectivity index (χ1) is 18.2. The number of amides is 2. The van der Waals surface area contributed by atoms with Gasteiger partial charge in [-0.1, -0.05) is 24.3 Å². The third-order valence-corrected chi connectivity index (χ3v) is 7.12. The summed E-state index contributed by atoms with van der Waals surface area (Å²) in [4.78, 5) is 31.3. The van der Waals surface area contributed by atoms with E-state index < -0.39 is 41.8 Å². The molecular formula is C28H27F2N5O3. The zero-order chi connectivity index (χ0) is 27.0. The molecule has 1 aliphatic heterocycles. The summed E-state index contributed by atoms with van der Waals surface area (Å²) < 4.78 is 29.3. The van der Waals surface area contributed by atoms with Gasteiger partial charge in [0.1, 0.15) is 17.3 Å². The summed E-state index contributed by atoms with van der Waals surface area (Å²) in [5, 5.41) is 15.3. The summed E-state index contributed by atoms with van der Waals surface area (Å²) in [5.74, 6) is -2.22. The van der Waals surface area contributed by atoms with Crippen molar-refractivity contribution in [2.45, 2.75) is 37.6 Å². The number of nitrogens with one attached hydrogen (secondary N) is 1. The number of carbonyl (C=O) groups excluding carboxylic acids is 2. The lowest BCUT2D eigenvalue weighted by atomic mass is 9.88. The fourth-order valence-electron chi connectivity index (χ4n) is 5.16. The van der Waals surface area contributed by atoms with Gasteiger partial charge < -0.3 is 21.1 Å². The number of aromatic nitrogens is 2. The molecule has 0 aliphatic carbocycles. The standard InChI is InChI=1S/C28H27F2N5O3/c1-34(28(38)35-15-22(26(31)37)21-7-4-8-32-27(21)35)24(11-16-9-19(29)13-20(30)10-16)25(36)23-12-17-5-2-3-6-18(17)14-33-23/h2-10,13,15,23-25,33,36H,11-12,14H2,1H3,(H2,31,37)/t23?,24-,25+/m0/s1. The highest BCUT2D eigenvalue weighted by Gasteiger charge is 2.36. The number of carbonyl (C=O) groups is 2. The topological polar surface area (TPSA) is 113 Å². The van der Waals surface area contributed by atoms with Gasteiger partial charge in [0.05, 0.1) is 17.7 Å². The average molecular weight is 520 g/mol. The van der Waals surface area contributed by atoms with Gasteiger partial charge in [0, 0.05) is 43.5 Å². The molecule has 4 aromatic rings. The number of pyridine rings is 1. The maximum absolute atomic E-state index is 14.0. The van der Waals surface area contributed by atoms with E-state index in [-0.39, 0.29) is 23.2 Å². The number of aliphatic hydroxyl groups excluding tert-OH is 1. The Kier molecular flexibility index (Phi) is 6.92. The predicted octanol–water partition coefficient (Wildman–Crippen LogP) is 3.00. The molecule has 1 aliphatic rings. The van der Waals surface area contributed by atoms with Crippen LogP contribution >= 0.6 is 0 Å². The van der Waals surface area contributed by atoms with E-state index in [1.54, 1.807) is 12.1 Å². The van der Waals surface area contributed by atoms with E-state index in [1.165, 1.54) is 41.0 Å². The molecule has 0 saturated carbocycles. The van der Waals surface area contributed by atoms with Crippen molar-refractivity contribution in [3.8, 4) is 0 Å². The van der Waals surface area contributed by atoms with E-state index in [0.717, 1.165) is 17.2 Å². The normalized spacial score (nSPS) is 16.6. The van der Waals surface area contributed by atoms with Crippen LogP contribution in [0.1, 0.15) is 27.0 Å². The van der Waals surface area contributed by atoms with Crippen LogP contribution in [0.4, 0.5) is 13.6 Å². The highest BCUT2D eigenvalue weighted by Crippen LogP contribution is 2.25. The van der Waals surface area contributed by atoms with E-state index in [9.17, 15) is 23.5 Å². The molecule has 196 valence electrons. The predicted molar refractivity (Wildman–Crippen MR) is 137 cm³/mol. The van der Waals surface area contributed by atoms with Crippen LogP contribution in [0.3, 0.4) is 0 Å². The van der Waals surface area contributed by atoms with Gasteiger partial charge in [-0.2, -0.15) is 0 Å². The highest BCUT2D eigenvalue weighted by molar-refractivity contribution is 6.07. The average Bonchev–Trinajstić information content (AvgIpc) is 3.30. The van der Waals surface area contributed by atoms with Crippen molar-refractivity contribution in [3.05, 3.63) is 101 Å². The van der Waals surface area contributed by atoms with Crippen molar-refractivity contribution in [1.82, 2.24) is 19.8 Å². The Labute approximate surface area is 217 Å². The third kappa shape index (κ3) is 4.88. The van der Waals surface area contributed by atoms with Gasteiger partial charge >= 0.3 is 6.03 Å². The summed E-state index contributed by atoms with van der Waals surface area (Å²) in [6.45, 7) is 0.533. The van der Waals surface area contributed by atoms with Gasteiger partial charge in [-0.15, -0.1) is 0 Å². The number of likely N-dealkylation sites (N-methyl/N-ethyl adjacent to an activating group) is 1. The number of aliphatic hydroxyl groups is 1. The SMILES string of the molecule is CN(C(=O)n1cc(C(N)=O)c2cccnc21)[C@@H](Cc1cc(F)cc(F)c1)[C@H](O)C1Cc2ccccc2CN1. The van der Waals surface area contributed by atoms with Crippen LogP contribution < -0.4 is 11.1 Å². The number of rotatable bonds is 6. The molecule has 0 bridgehead atoms. The Hall–Kier alpha value is -4.15. The molecule has 8 nitrogen and oxygen atoms in total. The van der Waals surface area contributed by atoms with Gasteiger partial charge in [-0.25, -0.2) is 18.6 Å². The second-order valence-electron chi connectivity index (χ2n) is 9.55. The number of hydrogen-bond donors (Lipinski definition) is 3. The molecule has 10 heteroatoms. The lowest BCUT2D eigenvalue weighted by molar-refractivity contribution is 0.0451. The van der Waals surface area contributed by atoms with Gasteiger partial charge in [0.2, 0.25) is 0 Å². The maximum Gasteiger partial charge on any atom is 0.329 e. The van der Waals surface area contributed by atoms with Crippen LogP contribution in [0.5, 0.6) is 0 Å². The Morgan fingerprint density at radius 3 is 2.58 bits per heavy atom. The highest BCUT2D eigenvalue weighted by atomic mass is 19.1. The van der Waals surface area contributed by atoms with E-state index in [4.69, 9.17) is 5.73 Å². The molecule has 3 atom stereocenters. The van der Waals surface area contributed by atoms with Crippen molar-refractivity contribution in [3.63, 3.8) is 0 Å². The second kappa shape index (κ2) is 10.3. The molecule has 2 aromatic carbocycles. The number of primary amides is 1. The monoisotopic (exact) mass is 519 g/mol. The van der Waals surface area contributed by atoms with Crippen LogP contribution in [0, 0.1) is 11.6 Å². The zero-order valence-electron chi connectivity index (χ0n) is 20.6. The summed E-state index contributed by atoms with van der Waals surface area (Å²) in [6.07, 6.45) is 2.19. The Balaban J connectivity index is 1.51. The lowest BCUT2D eigenvalue weighted by Gasteiger charge is -2.38. The Morgan fingerprint density at radius 2 is 1.87 bits per heavy atom. The molecule has 0 spiro atoms. The minimum Gasteiger partial charge on any atom is -0.389 e. The zero-order valence-corrected chi connectivity index (χ0v) is 20.6. The first-order valence-electron chi connectivity index (χ1n) is 12.2. The first kappa shape index (κ1) is 25.5. The summed E-state index contributed by atoms with van der Waals surface area (Å²) in [5.41, 5.74) is 8.36. The number of nitrogens with two attached hydrogens (primary N) is 1. The van der Waals surface area contributed by atoms with Crippen molar-refractivity contribution < 1.29 is 23.5 Å². The Morgan fingerprint density at radius 1 is 1.16 bits per heavy atom. The number of benzene rings is 2. The summed E-state index contributed by atoms with van der Waals surface area (Å²) in [7, 11) is 1.50. The van der Waals surface area contributed by atoms with Crippen molar-refractivity contribution in [1.29, 1.82) is 0 Å². The molecule has 38 heavy (non-hydrogen) atoms. The molecule has 0 fully saturated rings. The molecule has 1 unspecified atom stereocenters. The minimum atomic E-state index is -1.10. The molecule has 2 amide bonds. The lowest BCUT2D eigenvalue weighted by Crippen LogP contribution is -2.56. The molecule has 4 N–H and O–H groups in total. The minimum absolute atomic E-state index is 0.0206. The van der Waals surface area contributed by atoms with Crippen LogP contribution in [0.15, 0.2) is 67.0 Å². The van der Waals surface area contributed by atoms with Crippen LogP contribution in [-0.4, -0.2) is 56.7 Å². The van der Waals surface area contributed by atoms with E-state index in [2.05, 4.69) is 10.3 Å². The van der Waals surface area contributed by atoms with Gasteiger partial charge in [0.15, 0.2) is 0 Å². The van der Waals surface area contributed by atoms with Crippen molar-refractivity contribution in [2.24, 2.45) is 5.73 Å². The first-order valence-corrected chi connectivity index (χ1v) is 12.2. The van der Waals surface area contributed by atoms with E-state index >= 15 is 0 Å². The van der Waals surface area contributed by atoms with Gasteiger partial charge in [0.25, 0.3) is 5.91 Å². The number of hydrogen-bond acceptors (Lipinski definition) is 5. The summed E-state index contributed by atoms with van der Waals surface area (Å²) in [6, 6.07) is 12.4. The molecule has 0 saturated heterocycles. The van der Waals surface area contributed by atoms with Crippen LogP contribution in [-0.2, 0) is 19.4 Å². The largest absolute Gasteiger partial charge is 0.389 e.